The largest absolute Gasteiger partial charge is 0.361 e. The van der Waals surface area contributed by atoms with E-state index >= 15 is 0 Å². The number of aromatic nitrogens is 1. The fourth-order valence-corrected chi connectivity index (χ4v) is 2.89. The van der Waals surface area contributed by atoms with E-state index in [1.807, 2.05) is 43.5 Å². The van der Waals surface area contributed by atoms with Crippen LogP contribution in [0, 0.1) is 5.92 Å². The second kappa shape index (κ2) is 7.14. The molecule has 0 bridgehead atoms. The lowest BCUT2D eigenvalue weighted by molar-refractivity contribution is -0.124. The predicted octanol–water partition coefficient (Wildman–Crippen LogP) is 3.71. The highest BCUT2D eigenvalue weighted by atomic mass is 16.1. The van der Waals surface area contributed by atoms with Gasteiger partial charge in [-0.05, 0) is 30.0 Å². The number of fused-ring (bicyclic) bond motifs is 1. The molecule has 1 aromatic heterocycles. The molecule has 2 aromatic carbocycles. The van der Waals surface area contributed by atoms with Gasteiger partial charge in [0.2, 0.25) is 5.91 Å². The van der Waals surface area contributed by atoms with Crippen molar-refractivity contribution < 1.29 is 4.79 Å². The number of carbonyl (C=O) groups is 1. The molecular formula is C20H22N2O. The number of carbonyl (C=O) groups excluding carboxylic acids is 1. The van der Waals surface area contributed by atoms with Crippen LogP contribution in [0.2, 0.25) is 0 Å². The molecule has 0 saturated carbocycles. The first-order valence-corrected chi connectivity index (χ1v) is 8.10. The van der Waals surface area contributed by atoms with Crippen molar-refractivity contribution in [3.05, 3.63) is 71.9 Å². The third-order valence-corrected chi connectivity index (χ3v) is 4.20. The summed E-state index contributed by atoms with van der Waals surface area (Å²) in [4.78, 5) is 15.5. The summed E-state index contributed by atoms with van der Waals surface area (Å²) in [6.07, 6.45) is 3.65. The van der Waals surface area contributed by atoms with E-state index in [2.05, 4.69) is 34.6 Å². The Morgan fingerprint density at radius 2 is 1.83 bits per heavy atom. The maximum Gasteiger partial charge on any atom is 0.223 e. The summed E-state index contributed by atoms with van der Waals surface area (Å²) in [5.41, 5.74) is 3.59. The molecule has 3 nitrogen and oxygen atoms in total. The molecule has 0 aliphatic heterocycles. The van der Waals surface area contributed by atoms with Crippen LogP contribution < -0.4 is 5.32 Å². The van der Waals surface area contributed by atoms with E-state index in [9.17, 15) is 4.79 Å². The molecule has 118 valence electrons. The molecule has 3 rings (SSSR count). The van der Waals surface area contributed by atoms with E-state index in [1.165, 1.54) is 16.5 Å². The molecule has 2 N–H and O–H groups in total. The Balaban J connectivity index is 1.51. The van der Waals surface area contributed by atoms with Crippen LogP contribution in [-0.4, -0.2) is 17.4 Å². The molecule has 1 heterocycles. The average molecular weight is 306 g/mol. The van der Waals surface area contributed by atoms with E-state index in [0.717, 1.165) is 18.4 Å². The van der Waals surface area contributed by atoms with Crippen LogP contribution in [0.15, 0.2) is 60.8 Å². The van der Waals surface area contributed by atoms with Gasteiger partial charge in [-0.15, -0.1) is 0 Å². The maximum absolute atomic E-state index is 12.2. The zero-order chi connectivity index (χ0) is 16.1. The van der Waals surface area contributed by atoms with Crippen LogP contribution in [0.4, 0.5) is 0 Å². The summed E-state index contributed by atoms with van der Waals surface area (Å²) in [7, 11) is 0. The lowest BCUT2D eigenvalue weighted by Crippen LogP contribution is -2.31. The van der Waals surface area contributed by atoms with Crippen LogP contribution in [0.3, 0.4) is 0 Å². The molecule has 0 saturated heterocycles. The van der Waals surface area contributed by atoms with Crippen molar-refractivity contribution in [3.63, 3.8) is 0 Å². The van der Waals surface area contributed by atoms with Gasteiger partial charge in [0.05, 0.1) is 0 Å². The van der Waals surface area contributed by atoms with Crippen molar-refractivity contribution in [1.82, 2.24) is 10.3 Å². The summed E-state index contributed by atoms with van der Waals surface area (Å²) in [6, 6.07) is 18.4. The Labute approximate surface area is 136 Å². The van der Waals surface area contributed by atoms with Gasteiger partial charge in [0.15, 0.2) is 0 Å². The number of amides is 1. The topological polar surface area (TPSA) is 44.9 Å². The first kappa shape index (κ1) is 15.3. The van der Waals surface area contributed by atoms with Gasteiger partial charge in [-0.25, -0.2) is 0 Å². The number of rotatable bonds is 6. The Kier molecular flexibility index (Phi) is 4.77. The van der Waals surface area contributed by atoms with Gasteiger partial charge in [-0.2, -0.15) is 0 Å². The van der Waals surface area contributed by atoms with Crippen molar-refractivity contribution in [2.24, 2.45) is 5.92 Å². The Bertz CT molecular complexity index is 776. The van der Waals surface area contributed by atoms with Crippen LogP contribution in [0.25, 0.3) is 10.9 Å². The summed E-state index contributed by atoms with van der Waals surface area (Å²) < 4.78 is 0. The number of nitrogens with one attached hydrogen (secondary N) is 2. The number of H-pyrrole nitrogens is 1. The minimum Gasteiger partial charge on any atom is -0.361 e. The van der Waals surface area contributed by atoms with Crippen molar-refractivity contribution in [2.45, 2.75) is 19.8 Å². The van der Waals surface area contributed by atoms with E-state index in [0.29, 0.717) is 6.54 Å². The van der Waals surface area contributed by atoms with Crippen LogP contribution in [-0.2, 0) is 17.6 Å². The number of benzene rings is 2. The van der Waals surface area contributed by atoms with E-state index in [-0.39, 0.29) is 11.8 Å². The highest BCUT2D eigenvalue weighted by Crippen LogP contribution is 2.17. The third kappa shape index (κ3) is 3.81. The summed E-state index contributed by atoms with van der Waals surface area (Å²) in [5.74, 6) is 0.106. The number of aromatic amines is 1. The molecule has 3 aromatic rings. The highest BCUT2D eigenvalue weighted by molar-refractivity contribution is 5.83. The van der Waals surface area contributed by atoms with Crippen LogP contribution >= 0.6 is 0 Å². The number of hydrogen-bond donors (Lipinski definition) is 2. The number of hydrogen-bond acceptors (Lipinski definition) is 1. The Morgan fingerprint density at radius 1 is 1.09 bits per heavy atom. The van der Waals surface area contributed by atoms with Gasteiger partial charge in [-0.3, -0.25) is 4.79 Å². The van der Waals surface area contributed by atoms with E-state index < -0.39 is 0 Å². The van der Waals surface area contributed by atoms with Gasteiger partial charge in [0, 0.05) is 29.6 Å². The first-order chi connectivity index (χ1) is 11.2. The molecule has 0 aliphatic carbocycles. The molecule has 23 heavy (non-hydrogen) atoms. The second-order valence-electron chi connectivity index (χ2n) is 5.99. The lowest BCUT2D eigenvalue weighted by atomic mass is 10.0. The quantitative estimate of drug-likeness (QED) is 0.716. The fraction of sp³-hybridized carbons (Fsp3) is 0.250. The van der Waals surface area contributed by atoms with Crippen molar-refractivity contribution in [2.75, 3.05) is 6.54 Å². The lowest BCUT2D eigenvalue weighted by Gasteiger charge is -2.12. The Morgan fingerprint density at radius 3 is 2.65 bits per heavy atom. The minimum atomic E-state index is -0.0135. The van der Waals surface area contributed by atoms with Crippen molar-refractivity contribution >= 4 is 16.8 Å². The SMILES string of the molecule is CC(Cc1ccccc1)C(=O)NCCc1c[nH]c2ccccc12. The first-order valence-electron chi connectivity index (χ1n) is 8.10. The predicted molar refractivity (Wildman–Crippen MR) is 94.3 cm³/mol. The zero-order valence-electron chi connectivity index (χ0n) is 13.4. The molecular weight excluding hydrogens is 284 g/mol. The number of para-hydroxylation sites is 1. The summed E-state index contributed by atoms with van der Waals surface area (Å²) >= 11 is 0. The monoisotopic (exact) mass is 306 g/mol. The smallest absolute Gasteiger partial charge is 0.223 e. The summed E-state index contributed by atoms with van der Waals surface area (Å²) in [5, 5.41) is 4.29. The normalized spacial score (nSPS) is 12.2. The van der Waals surface area contributed by atoms with Gasteiger partial charge >= 0.3 is 0 Å². The highest BCUT2D eigenvalue weighted by Gasteiger charge is 2.13. The van der Waals surface area contributed by atoms with E-state index in [4.69, 9.17) is 0 Å². The molecule has 0 fully saturated rings. The molecule has 0 aliphatic rings. The van der Waals surface area contributed by atoms with Gasteiger partial charge in [-0.1, -0.05) is 55.5 Å². The van der Waals surface area contributed by atoms with Crippen LogP contribution in [0.1, 0.15) is 18.1 Å². The standard InChI is InChI=1S/C20H22N2O/c1-15(13-16-7-3-2-4-8-16)20(23)21-12-11-17-14-22-19-10-6-5-9-18(17)19/h2-10,14-15,22H,11-13H2,1H3,(H,21,23). The molecule has 3 heteroatoms. The van der Waals surface area contributed by atoms with Gasteiger partial charge < -0.3 is 10.3 Å². The molecule has 0 radical (unpaired) electrons. The zero-order valence-corrected chi connectivity index (χ0v) is 13.4. The Hall–Kier alpha value is -2.55. The van der Waals surface area contributed by atoms with Gasteiger partial charge in [0.25, 0.3) is 0 Å². The minimum absolute atomic E-state index is 0.0135. The van der Waals surface area contributed by atoms with Crippen molar-refractivity contribution in [1.29, 1.82) is 0 Å². The molecule has 1 unspecified atom stereocenters. The third-order valence-electron chi connectivity index (χ3n) is 4.20. The second-order valence-corrected chi connectivity index (χ2v) is 5.99. The average Bonchev–Trinajstić information content (AvgIpc) is 2.99. The molecule has 1 amide bonds. The fourth-order valence-electron chi connectivity index (χ4n) is 2.89. The maximum atomic E-state index is 12.2. The van der Waals surface area contributed by atoms with Gasteiger partial charge in [0.1, 0.15) is 0 Å². The molecule has 1 atom stereocenters. The van der Waals surface area contributed by atoms with Crippen molar-refractivity contribution in [3.8, 4) is 0 Å². The summed E-state index contributed by atoms with van der Waals surface area (Å²) in [6.45, 7) is 2.65. The van der Waals surface area contributed by atoms with E-state index in [1.54, 1.807) is 0 Å². The molecule has 0 spiro atoms. The van der Waals surface area contributed by atoms with Crippen LogP contribution in [0.5, 0.6) is 0 Å².